The Bertz CT molecular complexity index is 1010. The van der Waals surface area contributed by atoms with E-state index in [1.54, 1.807) is 41.6 Å². The smallest absolute Gasteiger partial charge is 0.338 e. The van der Waals surface area contributed by atoms with E-state index in [2.05, 4.69) is 24.6 Å². The third-order valence-electron chi connectivity index (χ3n) is 5.44. The Morgan fingerprint density at radius 3 is 2.71 bits per heavy atom. The lowest BCUT2D eigenvalue weighted by atomic mass is 10.2. The van der Waals surface area contributed by atoms with Gasteiger partial charge < -0.3 is 14.2 Å². The second-order valence-electron chi connectivity index (χ2n) is 9.18. The Labute approximate surface area is 187 Å². The van der Waals surface area contributed by atoms with Gasteiger partial charge in [0.05, 0.1) is 10.8 Å². The predicted molar refractivity (Wildman–Crippen MR) is 123 cm³/mol. The van der Waals surface area contributed by atoms with E-state index in [1.165, 1.54) is 6.04 Å². The molecule has 166 valence electrons. The minimum atomic E-state index is -1.19. The SMILES string of the molecule is Cc1cn2c(nc1=O)OC1[C@H](SCC[Si](C)(C)C)[C@@H](COC(=O)c3ccccc3)O[C@@H]12. The lowest BCUT2D eigenvalue weighted by molar-refractivity contribution is -0.0338. The van der Waals surface area contributed by atoms with Crippen molar-refractivity contribution in [1.82, 2.24) is 9.55 Å². The third-order valence-corrected chi connectivity index (χ3v) is 8.95. The van der Waals surface area contributed by atoms with Gasteiger partial charge in [0.1, 0.15) is 12.7 Å². The van der Waals surface area contributed by atoms with Gasteiger partial charge in [-0.25, -0.2) is 4.79 Å². The summed E-state index contributed by atoms with van der Waals surface area (Å²) in [5.41, 5.74) is 0.767. The Hall–Kier alpha value is -2.10. The van der Waals surface area contributed by atoms with Crippen LogP contribution in [-0.4, -0.2) is 53.4 Å². The maximum absolute atomic E-state index is 12.4. The molecule has 1 saturated heterocycles. The molecular weight excluding hydrogens is 432 g/mol. The second kappa shape index (κ2) is 8.80. The Kier molecular flexibility index (Phi) is 6.27. The summed E-state index contributed by atoms with van der Waals surface area (Å²) < 4.78 is 19.7. The zero-order valence-electron chi connectivity index (χ0n) is 18.2. The van der Waals surface area contributed by atoms with E-state index >= 15 is 0 Å². The number of thioether (sulfide) groups is 1. The second-order valence-corrected chi connectivity index (χ2v) is 16.1. The first kappa shape index (κ1) is 22.1. The molecule has 0 bridgehead atoms. The molecule has 4 rings (SSSR count). The van der Waals surface area contributed by atoms with Gasteiger partial charge in [-0.15, -0.1) is 0 Å². The summed E-state index contributed by atoms with van der Waals surface area (Å²) in [6.45, 7) is 8.92. The van der Waals surface area contributed by atoms with Crippen molar-refractivity contribution in [1.29, 1.82) is 0 Å². The molecule has 1 aromatic heterocycles. The van der Waals surface area contributed by atoms with Gasteiger partial charge in [0.25, 0.3) is 5.56 Å². The molecule has 9 heteroatoms. The molecule has 0 spiro atoms. The monoisotopic (exact) mass is 460 g/mol. The number of aromatic nitrogens is 2. The molecule has 1 unspecified atom stereocenters. The Morgan fingerprint density at radius 1 is 1.26 bits per heavy atom. The molecule has 2 aromatic rings. The molecule has 7 nitrogen and oxygen atoms in total. The van der Waals surface area contributed by atoms with Crippen LogP contribution in [0.25, 0.3) is 0 Å². The largest absolute Gasteiger partial charge is 0.459 e. The highest BCUT2D eigenvalue weighted by atomic mass is 32.2. The van der Waals surface area contributed by atoms with E-state index in [1.807, 2.05) is 18.2 Å². The lowest BCUT2D eigenvalue weighted by Crippen LogP contribution is -2.35. The predicted octanol–water partition coefficient (Wildman–Crippen LogP) is 3.51. The molecule has 0 radical (unpaired) electrons. The van der Waals surface area contributed by atoms with Crippen LogP contribution in [0.15, 0.2) is 41.3 Å². The number of hydrogen-bond acceptors (Lipinski definition) is 7. The number of nitrogens with zero attached hydrogens (tertiary/aromatic N) is 2. The lowest BCUT2D eigenvalue weighted by Gasteiger charge is -2.23. The topological polar surface area (TPSA) is 79.7 Å². The Morgan fingerprint density at radius 2 is 2.00 bits per heavy atom. The summed E-state index contributed by atoms with van der Waals surface area (Å²) in [5, 5.41) is -0.0259. The highest BCUT2D eigenvalue weighted by Crippen LogP contribution is 2.44. The quantitative estimate of drug-likeness (QED) is 0.462. The summed E-state index contributed by atoms with van der Waals surface area (Å²) >= 11 is 1.80. The van der Waals surface area contributed by atoms with Crippen molar-refractivity contribution in [3.63, 3.8) is 0 Å². The molecule has 31 heavy (non-hydrogen) atoms. The van der Waals surface area contributed by atoms with Crippen molar-refractivity contribution in [2.45, 2.75) is 56.3 Å². The minimum Gasteiger partial charge on any atom is -0.459 e. The standard InChI is InChI=1S/C22H28N2O5SSi/c1-14-12-24-20-17(29-22(24)23-19(14)25)18(30-10-11-31(2,3)4)16(28-20)13-27-21(26)15-8-6-5-7-9-15/h5-9,12,16-18,20H,10-11,13H2,1-4H3/t16-,17?,18-,20+/m1/s1. The minimum absolute atomic E-state index is 0.0259. The number of ether oxygens (including phenoxy) is 3. The van der Waals surface area contributed by atoms with E-state index in [0.29, 0.717) is 17.1 Å². The van der Waals surface area contributed by atoms with Gasteiger partial charge in [0.15, 0.2) is 12.3 Å². The number of hydrogen-bond donors (Lipinski definition) is 0. The first-order valence-electron chi connectivity index (χ1n) is 10.5. The number of benzene rings is 1. The van der Waals surface area contributed by atoms with E-state index in [-0.39, 0.29) is 41.8 Å². The highest BCUT2D eigenvalue weighted by Gasteiger charge is 2.52. The zero-order chi connectivity index (χ0) is 22.2. The van der Waals surface area contributed by atoms with Crippen LogP contribution < -0.4 is 10.3 Å². The molecule has 2 aliphatic rings. The number of esters is 1. The van der Waals surface area contributed by atoms with Crippen LogP contribution in [0.2, 0.25) is 25.7 Å². The number of rotatable bonds is 7. The fourth-order valence-corrected chi connectivity index (χ4v) is 7.58. The number of fused-ring (bicyclic) bond motifs is 3. The maximum atomic E-state index is 12.4. The van der Waals surface area contributed by atoms with E-state index in [9.17, 15) is 9.59 Å². The first-order chi connectivity index (χ1) is 14.7. The van der Waals surface area contributed by atoms with Gasteiger partial charge in [0.2, 0.25) is 0 Å². The molecule has 2 aliphatic heterocycles. The molecule has 0 saturated carbocycles. The maximum Gasteiger partial charge on any atom is 0.338 e. The highest BCUT2D eigenvalue weighted by molar-refractivity contribution is 8.00. The van der Waals surface area contributed by atoms with Crippen LogP contribution in [0.3, 0.4) is 0 Å². The van der Waals surface area contributed by atoms with Crippen molar-refractivity contribution in [3.05, 3.63) is 58.0 Å². The number of carbonyl (C=O) groups excluding carboxylic acids is 1. The van der Waals surface area contributed by atoms with Crippen LogP contribution in [0.4, 0.5) is 0 Å². The summed E-state index contributed by atoms with van der Waals surface area (Å²) in [6.07, 6.45) is 0.770. The van der Waals surface area contributed by atoms with Gasteiger partial charge in [-0.05, 0) is 30.9 Å². The fraction of sp³-hybridized carbons (Fsp3) is 0.500. The fourth-order valence-electron chi connectivity index (χ4n) is 3.65. The molecular formula is C22H28N2O5SSi. The molecule has 3 heterocycles. The summed E-state index contributed by atoms with van der Waals surface area (Å²) in [4.78, 5) is 28.4. The van der Waals surface area contributed by atoms with E-state index in [4.69, 9.17) is 14.2 Å². The van der Waals surface area contributed by atoms with Gasteiger partial charge in [-0.1, -0.05) is 37.8 Å². The van der Waals surface area contributed by atoms with Crippen molar-refractivity contribution in [2.75, 3.05) is 12.4 Å². The van der Waals surface area contributed by atoms with Crippen LogP contribution >= 0.6 is 11.8 Å². The molecule has 0 N–H and O–H groups in total. The summed E-state index contributed by atoms with van der Waals surface area (Å²) in [7, 11) is -1.19. The van der Waals surface area contributed by atoms with Crippen LogP contribution in [0, 0.1) is 6.92 Å². The average Bonchev–Trinajstić information content (AvgIpc) is 3.22. The third kappa shape index (κ3) is 4.88. The van der Waals surface area contributed by atoms with E-state index < -0.39 is 8.07 Å². The normalized spacial score (nSPS) is 24.4. The molecule has 0 amide bonds. The van der Waals surface area contributed by atoms with Crippen molar-refractivity contribution >= 4 is 25.8 Å². The molecule has 1 aromatic carbocycles. The van der Waals surface area contributed by atoms with E-state index in [0.717, 1.165) is 5.75 Å². The average molecular weight is 461 g/mol. The van der Waals surface area contributed by atoms with Crippen molar-refractivity contribution < 1.29 is 19.0 Å². The number of aryl methyl sites for hydroxylation is 1. The van der Waals surface area contributed by atoms with Crippen molar-refractivity contribution in [2.24, 2.45) is 0 Å². The molecule has 4 atom stereocenters. The van der Waals surface area contributed by atoms with Crippen molar-refractivity contribution in [3.8, 4) is 6.01 Å². The first-order valence-corrected chi connectivity index (χ1v) is 15.2. The van der Waals surface area contributed by atoms with Crippen LogP contribution in [0.5, 0.6) is 6.01 Å². The zero-order valence-corrected chi connectivity index (χ0v) is 20.1. The van der Waals surface area contributed by atoms with Gasteiger partial charge in [-0.3, -0.25) is 9.36 Å². The Balaban J connectivity index is 1.50. The summed E-state index contributed by atoms with van der Waals surface area (Å²) in [6, 6.07) is 10.4. The summed E-state index contributed by atoms with van der Waals surface area (Å²) in [5.74, 6) is 0.620. The number of carbonyl (C=O) groups is 1. The van der Waals surface area contributed by atoms with Gasteiger partial charge in [0, 0.05) is 19.8 Å². The van der Waals surface area contributed by atoms with Crippen LogP contribution in [-0.2, 0) is 9.47 Å². The van der Waals surface area contributed by atoms with Gasteiger partial charge >= 0.3 is 12.0 Å². The van der Waals surface area contributed by atoms with Crippen LogP contribution in [0.1, 0.15) is 22.1 Å². The van der Waals surface area contributed by atoms with Gasteiger partial charge in [-0.2, -0.15) is 16.7 Å². The molecule has 0 aliphatic carbocycles. The molecule has 1 fully saturated rings.